The van der Waals surface area contributed by atoms with E-state index >= 15 is 0 Å². The molecule has 9 heteroatoms. The number of nitrogens with zero attached hydrogens (tertiary/aromatic N) is 2. The Morgan fingerprint density at radius 1 is 1.34 bits per heavy atom. The maximum absolute atomic E-state index is 12.5. The molecule has 0 fully saturated rings. The first-order valence-electron chi connectivity index (χ1n) is 9.50. The van der Waals surface area contributed by atoms with Crippen LogP contribution in [0.4, 0.5) is 0 Å². The van der Waals surface area contributed by atoms with Gasteiger partial charge >= 0.3 is 5.97 Å². The third kappa shape index (κ3) is 4.82. The highest BCUT2D eigenvalue weighted by molar-refractivity contribution is 6.32. The average Bonchev–Trinajstić information content (AvgIpc) is 3.27. The SMILES string of the molecule is CCCCn1nc(C)c(C(=O)O[C@H](C)C(=O)NCc2ccc3c(c2)OCO3)c1Cl. The summed E-state index contributed by atoms with van der Waals surface area (Å²) in [6.45, 7) is 6.34. The number of amides is 1. The Bertz CT molecular complexity index is 912. The van der Waals surface area contributed by atoms with Crippen molar-refractivity contribution in [3.8, 4) is 11.5 Å². The summed E-state index contributed by atoms with van der Waals surface area (Å²) in [5, 5.41) is 7.26. The van der Waals surface area contributed by atoms with E-state index in [0.29, 0.717) is 23.7 Å². The van der Waals surface area contributed by atoms with Crippen molar-refractivity contribution in [1.29, 1.82) is 0 Å². The number of benzene rings is 1. The number of hydrogen-bond donors (Lipinski definition) is 1. The monoisotopic (exact) mass is 421 g/mol. The van der Waals surface area contributed by atoms with Crippen molar-refractivity contribution < 1.29 is 23.8 Å². The molecule has 1 aliphatic heterocycles. The fraction of sp³-hybridized carbons (Fsp3) is 0.450. The molecule has 1 atom stereocenters. The molecule has 29 heavy (non-hydrogen) atoms. The van der Waals surface area contributed by atoms with Gasteiger partial charge in [0.15, 0.2) is 17.6 Å². The van der Waals surface area contributed by atoms with Crippen LogP contribution in [0.5, 0.6) is 11.5 Å². The summed E-state index contributed by atoms with van der Waals surface area (Å²) < 4.78 is 17.5. The molecule has 1 N–H and O–H groups in total. The average molecular weight is 422 g/mol. The molecule has 2 aromatic rings. The number of aromatic nitrogens is 2. The van der Waals surface area contributed by atoms with E-state index in [4.69, 9.17) is 25.8 Å². The van der Waals surface area contributed by atoms with Crippen LogP contribution in [0, 0.1) is 6.92 Å². The summed E-state index contributed by atoms with van der Waals surface area (Å²) >= 11 is 6.29. The number of carbonyl (C=O) groups excluding carboxylic acids is 2. The lowest BCUT2D eigenvalue weighted by atomic mass is 10.2. The van der Waals surface area contributed by atoms with Crippen LogP contribution in [0.15, 0.2) is 18.2 Å². The molecule has 0 radical (unpaired) electrons. The smallest absolute Gasteiger partial charge is 0.343 e. The van der Waals surface area contributed by atoms with Crippen LogP contribution in [-0.2, 0) is 22.6 Å². The second-order valence-corrected chi connectivity index (χ2v) is 7.14. The van der Waals surface area contributed by atoms with Gasteiger partial charge in [0, 0.05) is 13.1 Å². The Labute approximate surface area is 174 Å². The lowest BCUT2D eigenvalue weighted by Crippen LogP contribution is -2.35. The van der Waals surface area contributed by atoms with Gasteiger partial charge in [-0.1, -0.05) is 31.0 Å². The van der Waals surface area contributed by atoms with Gasteiger partial charge in [0.1, 0.15) is 10.7 Å². The Hall–Kier alpha value is -2.74. The number of ether oxygens (including phenoxy) is 3. The molecule has 8 nitrogen and oxygen atoms in total. The number of hydrogen-bond acceptors (Lipinski definition) is 6. The molecule has 0 aliphatic carbocycles. The fourth-order valence-corrected chi connectivity index (χ4v) is 3.23. The molecular weight excluding hydrogens is 398 g/mol. The standard InChI is InChI=1S/C20H24ClN3O5/c1-4-5-8-24-18(21)17(12(2)23-24)20(26)29-13(3)19(25)22-10-14-6-7-15-16(9-14)28-11-27-15/h6-7,9,13H,4-5,8,10-11H2,1-3H3,(H,22,25)/t13-/m1/s1. The summed E-state index contributed by atoms with van der Waals surface area (Å²) in [6, 6.07) is 5.42. The van der Waals surface area contributed by atoms with Crippen molar-refractivity contribution in [3.05, 3.63) is 40.2 Å². The summed E-state index contributed by atoms with van der Waals surface area (Å²) in [7, 11) is 0. The number of nitrogens with one attached hydrogen (secondary N) is 1. The largest absolute Gasteiger partial charge is 0.454 e. The summed E-state index contributed by atoms with van der Waals surface area (Å²) in [6.07, 6.45) is 0.898. The number of fused-ring (bicyclic) bond motifs is 1. The summed E-state index contributed by atoms with van der Waals surface area (Å²) in [5.74, 6) is 0.236. The van der Waals surface area contributed by atoms with Gasteiger partial charge in [-0.25, -0.2) is 4.79 Å². The Morgan fingerprint density at radius 3 is 2.86 bits per heavy atom. The molecule has 0 spiro atoms. The zero-order chi connectivity index (χ0) is 21.0. The topological polar surface area (TPSA) is 91.7 Å². The molecule has 1 aromatic carbocycles. The van der Waals surface area contributed by atoms with E-state index in [-0.39, 0.29) is 24.1 Å². The third-order valence-electron chi connectivity index (χ3n) is 4.55. The molecule has 1 amide bonds. The number of carbonyl (C=O) groups is 2. The Morgan fingerprint density at radius 2 is 2.10 bits per heavy atom. The van der Waals surface area contributed by atoms with Gasteiger partial charge < -0.3 is 19.5 Å². The van der Waals surface area contributed by atoms with Crippen LogP contribution < -0.4 is 14.8 Å². The van der Waals surface area contributed by atoms with E-state index in [9.17, 15) is 9.59 Å². The highest BCUT2D eigenvalue weighted by atomic mass is 35.5. The lowest BCUT2D eigenvalue weighted by molar-refractivity contribution is -0.129. The van der Waals surface area contributed by atoms with Crippen LogP contribution in [0.25, 0.3) is 0 Å². The molecule has 0 saturated carbocycles. The molecule has 0 saturated heterocycles. The zero-order valence-corrected chi connectivity index (χ0v) is 17.4. The van der Waals surface area contributed by atoms with E-state index < -0.39 is 18.0 Å². The first-order chi connectivity index (χ1) is 13.9. The van der Waals surface area contributed by atoms with Crippen molar-refractivity contribution in [3.63, 3.8) is 0 Å². The molecule has 156 valence electrons. The van der Waals surface area contributed by atoms with E-state index in [1.807, 2.05) is 6.07 Å². The second kappa shape index (κ2) is 9.17. The molecule has 0 bridgehead atoms. The minimum atomic E-state index is -0.981. The van der Waals surface area contributed by atoms with Gasteiger partial charge in [-0.15, -0.1) is 0 Å². The Balaban J connectivity index is 1.56. The van der Waals surface area contributed by atoms with Crippen LogP contribution in [0.2, 0.25) is 5.15 Å². The van der Waals surface area contributed by atoms with Crippen LogP contribution in [-0.4, -0.2) is 34.6 Å². The van der Waals surface area contributed by atoms with Gasteiger partial charge in [-0.2, -0.15) is 5.10 Å². The first kappa shape index (κ1) is 21.0. The van der Waals surface area contributed by atoms with E-state index in [2.05, 4.69) is 17.3 Å². The number of rotatable bonds is 8. The predicted molar refractivity (Wildman–Crippen MR) is 106 cm³/mol. The van der Waals surface area contributed by atoms with Crippen LogP contribution >= 0.6 is 11.6 Å². The first-order valence-corrected chi connectivity index (χ1v) is 9.88. The van der Waals surface area contributed by atoms with Gasteiger partial charge in [0.2, 0.25) is 6.79 Å². The summed E-state index contributed by atoms with van der Waals surface area (Å²) in [4.78, 5) is 24.9. The zero-order valence-electron chi connectivity index (χ0n) is 16.7. The lowest BCUT2D eigenvalue weighted by Gasteiger charge is -2.14. The van der Waals surface area contributed by atoms with E-state index in [1.54, 1.807) is 23.7 Å². The molecule has 0 unspecified atom stereocenters. The van der Waals surface area contributed by atoms with Crippen molar-refractivity contribution in [2.75, 3.05) is 6.79 Å². The van der Waals surface area contributed by atoms with Gasteiger partial charge in [0.05, 0.1) is 5.69 Å². The number of esters is 1. The maximum atomic E-state index is 12.5. The number of aryl methyl sites for hydroxylation is 2. The second-order valence-electron chi connectivity index (χ2n) is 6.78. The minimum Gasteiger partial charge on any atom is -0.454 e. The fourth-order valence-electron chi connectivity index (χ4n) is 2.90. The van der Waals surface area contributed by atoms with Gasteiger partial charge in [-0.3, -0.25) is 9.48 Å². The van der Waals surface area contributed by atoms with E-state index in [1.165, 1.54) is 6.92 Å². The van der Waals surface area contributed by atoms with Crippen molar-refractivity contribution >= 4 is 23.5 Å². The highest BCUT2D eigenvalue weighted by Gasteiger charge is 2.25. The minimum absolute atomic E-state index is 0.190. The van der Waals surface area contributed by atoms with Crippen LogP contribution in [0.1, 0.15) is 48.3 Å². The normalized spacial score (nSPS) is 13.2. The summed E-state index contributed by atoms with van der Waals surface area (Å²) in [5.41, 5.74) is 1.51. The molecule has 3 rings (SSSR count). The maximum Gasteiger partial charge on any atom is 0.343 e. The quantitative estimate of drug-likeness (QED) is 0.658. The third-order valence-corrected chi connectivity index (χ3v) is 4.93. The number of halogens is 1. The number of unbranched alkanes of at least 4 members (excludes halogenated alkanes) is 1. The molecular formula is C20H24ClN3O5. The molecule has 1 aliphatic rings. The molecule has 1 aromatic heterocycles. The van der Waals surface area contributed by atoms with Crippen molar-refractivity contribution in [1.82, 2.24) is 15.1 Å². The van der Waals surface area contributed by atoms with Crippen molar-refractivity contribution in [2.24, 2.45) is 0 Å². The van der Waals surface area contributed by atoms with Gasteiger partial charge in [-0.05, 0) is 38.0 Å². The van der Waals surface area contributed by atoms with Gasteiger partial charge in [0.25, 0.3) is 5.91 Å². The van der Waals surface area contributed by atoms with Crippen LogP contribution in [0.3, 0.4) is 0 Å². The molecule has 2 heterocycles. The Kier molecular flexibility index (Phi) is 6.64. The van der Waals surface area contributed by atoms with E-state index in [0.717, 1.165) is 18.4 Å². The predicted octanol–water partition coefficient (Wildman–Crippen LogP) is 3.24. The highest BCUT2D eigenvalue weighted by Crippen LogP contribution is 2.32. The van der Waals surface area contributed by atoms with Crippen molar-refractivity contribution in [2.45, 2.75) is 52.8 Å².